The second-order valence-corrected chi connectivity index (χ2v) is 5.44. The van der Waals surface area contributed by atoms with Gasteiger partial charge in [-0.3, -0.25) is 0 Å². The number of hydrogen-bond donors (Lipinski definition) is 1. The minimum atomic E-state index is 0.134. The van der Waals surface area contributed by atoms with Gasteiger partial charge >= 0.3 is 0 Å². The summed E-state index contributed by atoms with van der Waals surface area (Å²) in [5.74, 6) is 0.820. The van der Waals surface area contributed by atoms with Gasteiger partial charge in [0.1, 0.15) is 0 Å². The molecule has 2 N–H and O–H groups in total. The molecule has 0 saturated heterocycles. The predicted molar refractivity (Wildman–Crippen MR) is 77.9 cm³/mol. The average molecular weight is 279 g/mol. The smallest absolute Gasteiger partial charge is 0.156 e. The summed E-state index contributed by atoms with van der Waals surface area (Å²) >= 11 is 6.17. The van der Waals surface area contributed by atoms with Crippen molar-refractivity contribution < 1.29 is 0 Å². The van der Waals surface area contributed by atoms with Crippen LogP contribution >= 0.6 is 11.6 Å². The quantitative estimate of drug-likeness (QED) is 0.939. The lowest BCUT2D eigenvalue weighted by atomic mass is 10.1. The Morgan fingerprint density at radius 2 is 2.05 bits per heavy atom. The van der Waals surface area contributed by atoms with E-state index in [2.05, 4.69) is 16.1 Å². The maximum absolute atomic E-state index is 6.17. The van der Waals surface area contributed by atoms with Gasteiger partial charge in [-0.15, -0.1) is 0 Å². The summed E-state index contributed by atoms with van der Waals surface area (Å²) in [6, 6.07) is 2.24. The van der Waals surface area contributed by atoms with E-state index in [1.807, 2.05) is 33.9 Å². The lowest BCUT2D eigenvalue weighted by molar-refractivity contribution is 0.730. The fourth-order valence-corrected chi connectivity index (χ4v) is 2.28. The van der Waals surface area contributed by atoms with Crippen molar-refractivity contribution in [2.24, 2.45) is 5.73 Å². The molecule has 102 valence electrons. The van der Waals surface area contributed by atoms with Crippen molar-refractivity contribution in [1.82, 2.24) is 14.8 Å². The van der Waals surface area contributed by atoms with Crippen molar-refractivity contribution in [3.05, 3.63) is 39.8 Å². The molecule has 0 aliphatic heterocycles. The van der Waals surface area contributed by atoms with Crippen LogP contribution in [-0.2, 0) is 6.42 Å². The van der Waals surface area contributed by atoms with Crippen LogP contribution in [0.4, 0.5) is 0 Å². The number of pyridine rings is 1. The first-order chi connectivity index (χ1) is 8.90. The third-order valence-corrected chi connectivity index (χ3v) is 3.62. The fraction of sp³-hybridized carbons (Fsp3) is 0.429. The van der Waals surface area contributed by atoms with Crippen LogP contribution in [-0.4, -0.2) is 20.8 Å². The van der Waals surface area contributed by atoms with E-state index in [-0.39, 0.29) is 6.04 Å². The molecule has 2 heterocycles. The van der Waals surface area contributed by atoms with E-state index in [9.17, 15) is 0 Å². The van der Waals surface area contributed by atoms with Crippen molar-refractivity contribution >= 4 is 11.6 Å². The third kappa shape index (κ3) is 2.80. The Bertz CT molecular complexity index is 602. The van der Waals surface area contributed by atoms with Crippen LogP contribution in [0.1, 0.15) is 29.4 Å². The highest BCUT2D eigenvalue weighted by Crippen LogP contribution is 2.23. The first-order valence-corrected chi connectivity index (χ1v) is 6.71. The van der Waals surface area contributed by atoms with Gasteiger partial charge in [0.05, 0.1) is 16.4 Å². The lowest BCUT2D eigenvalue weighted by Crippen LogP contribution is -2.18. The Morgan fingerprint density at radius 3 is 2.53 bits per heavy atom. The molecule has 0 aliphatic rings. The van der Waals surface area contributed by atoms with Gasteiger partial charge in [-0.1, -0.05) is 17.7 Å². The number of aromatic nitrogens is 3. The van der Waals surface area contributed by atoms with Gasteiger partial charge in [-0.05, 0) is 45.2 Å². The van der Waals surface area contributed by atoms with Gasteiger partial charge in [0.15, 0.2) is 5.82 Å². The molecule has 5 heteroatoms. The normalized spacial score (nSPS) is 12.7. The molecular weight excluding hydrogens is 260 g/mol. The number of nitrogens with zero attached hydrogens (tertiary/aromatic N) is 3. The topological polar surface area (TPSA) is 56.7 Å². The van der Waals surface area contributed by atoms with E-state index in [4.69, 9.17) is 17.3 Å². The SMILES string of the molecule is Cc1cc(CC(C)N)cnc1-n1nc(C)c(Cl)c1C. The van der Waals surface area contributed by atoms with Crippen LogP contribution in [0, 0.1) is 20.8 Å². The summed E-state index contributed by atoms with van der Waals surface area (Å²) in [5, 5.41) is 5.12. The fourth-order valence-electron chi connectivity index (χ4n) is 2.16. The molecule has 1 unspecified atom stereocenters. The Balaban J connectivity index is 2.43. The van der Waals surface area contributed by atoms with Crippen molar-refractivity contribution in [1.29, 1.82) is 0 Å². The maximum Gasteiger partial charge on any atom is 0.156 e. The summed E-state index contributed by atoms with van der Waals surface area (Å²) in [6.07, 6.45) is 2.68. The van der Waals surface area contributed by atoms with Gasteiger partial charge in [-0.25, -0.2) is 9.67 Å². The molecule has 0 fully saturated rings. The summed E-state index contributed by atoms with van der Waals surface area (Å²) < 4.78 is 1.79. The van der Waals surface area contributed by atoms with Gasteiger partial charge in [0.25, 0.3) is 0 Å². The molecule has 1 atom stereocenters. The first kappa shape index (κ1) is 14.0. The Morgan fingerprint density at radius 1 is 1.37 bits per heavy atom. The van der Waals surface area contributed by atoms with Crippen LogP contribution < -0.4 is 5.73 Å². The second kappa shape index (κ2) is 5.31. The van der Waals surface area contributed by atoms with E-state index >= 15 is 0 Å². The Labute approximate surface area is 118 Å². The van der Waals surface area contributed by atoms with Gasteiger partial charge in [0, 0.05) is 12.2 Å². The monoisotopic (exact) mass is 278 g/mol. The average Bonchev–Trinajstić information content (AvgIpc) is 2.56. The highest BCUT2D eigenvalue weighted by atomic mass is 35.5. The molecule has 0 bridgehead atoms. The van der Waals surface area contributed by atoms with Crippen LogP contribution in [0.2, 0.25) is 5.02 Å². The molecule has 0 saturated carbocycles. The predicted octanol–water partition coefficient (Wildman–Crippen LogP) is 2.74. The zero-order chi connectivity index (χ0) is 14.2. The lowest BCUT2D eigenvalue weighted by Gasteiger charge is -2.10. The Kier molecular flexibility index (Phi) is 3.92. The van der Waals surface area contributed by atoms with E-state index in [1.54, 1.807) is 4.68 Å². The first-order valence-electron chi connectivity index (χ1n) is 6.33. The Hall–Kier alpha value is -1.39. The molecule has 2 rings (SSSR count). The zero-order valence-electron chi connectivity index (χ0n) is 11.7. The highest BCUT2D eigenvalue weighted by molar-refractivity contribution is 6.31. The van der Waals surface area contributed by atoms with Gasteiger partial charge in [-0.2, -0.15) is 5.10 Å². The molecule has 0 spiro atoms. The highest BCUT2D eigenvalue weighted by Gasteiger charge is 2.13. The molecule has 2 aromatic rings. The number of hydrogen-bond acceptors (Lipinski definition) is 3. The summed E-state index contributed by atoms with van der Waals surface area (Å²) in [5.41, 5.74) is 9.75. The van der Waals surface area contributed by atoms with Gasteiger partial charge in [0.2, 0.25) is 0 Å². The van der Waals surface area contributed by atoms with E-state index in [1.165, 1.54) is 0 Å². The molecule has 0 radical (unpaired) electrons. The summed E-state index contributed by atoms with van der Waals surface area (Å²) in [7, 11) is 0. The summed E-state index contributed by atoms with van der Waals surface area (Å²) in [4.78, 5) is 4.50. The second-order valence-electron chi connectivity index (χ2n) is 5.06. The van der Waals surface area contributed by atoms with Crippen LogP contribution in [0.15, 0.2) is 12.3 Å². The number of aryl methyl sites for hydroxylation is 2. The molecule has 2 aromatic heterocycles. The summed E-state index contributed by atoms with van der Waals surface area (Å²) in [6.45, 7) is 7.85. The standard InChI is InChI=1S/C14H19ClN4/c1-8-5-12(6-9(2)16)7-17-14(8)19-11(4)13(15)10(3)18-19/h5,7,9H,6,16H2,1-4H3. The molecule has 0 amide bonds. The number of halogens is 1. The van der Waals surface area contributed by atoms with Crippen LogP contribution in [0.25, 0.3) is 5.82 Å². The maximum atomic E-state index is 6.17. The largest absolute Gasteiger partial charge is 0.328 e. The minimum absolute atomic E-state index is 0.134. The third-order valence-electron chi connectivity index (χ3n) is 3.07. The molecule has 19 heavy (non-hydrogen) atoms. The molecular formula is C14H19ClN4. The van der Waals surface area contributed by atoms with E-state index < -0.39 is 0 Å². The van der Waals surface area contributed by atoms with Crippen LogP contribution in [0.3, 0.4) is 0 Å². The van der Waals surface area contributed by atoms with Crippen molar-refractivity contribution in [3.8, 4) is 5.82 Å². The van der Waals surface area contributed by atoms with Crippen molar-refractivity contribution in [2.45, 2.75) is 40.2 Å². The zero-order valence-corrected chi connectivity index (χ0v) is 12.5. The molecule has 0 aromatic carbocycles. The molecule has 0 aliphatic carbocycles. The van der Waals surface area contributed by atoms with Crippen molar-refractivity contribution in [3.63, 3.8) is 0 Å². The van der Waals surface area contributed by atoms with E-state index in [0.717, 1.165) is 34.8 Å². The number of rotatable bonds is 3. The molecule has 4 nitrogen and oxygen atoms in total. The number of nitrogens with two attached hydrogens (primary N) is 1. The van der Waals surface area contributed by atoms with E-state index in [0.29, 0.717) is 5.02 Å². The van der Waals surface area contributed by atoms with Crippen molar-refractivity contribution in [2.75, 3.05) is 0 Å². The van der Waals surface area contributed by atoms with Gasteiger partial charge < -0.3 is 5.73 Å². The minimum Gasteiger partial charge on any atom is -0.328 e. The van der Waals surface area contributed by atoms with Crippen LogP contribution in [0.5, 0.6) is 0 Å².